The zero-order valence-corrected chi connectivity index (χ0v) is 8.27. The van der Waals surface area contributed by atoms with E-state index in [0.717, 1.165) is 23.6 Å². The Bertz CT molecular complexity index is 310. The first kappa shape index (κ1) is 8.85. The van der Waals surface area contributed by atoms with Gasteiger partial charge in [-0.2, -0.15) is 0 Å². The highest BCUT2D eigenvalue weighted by molar-refractivity contribution is 6.33. The highest BCUT2D eigenvalue weighted by Gasteiger charge is 2.43. The molecule has 2 nitrogen and oxygen atoms in total. The minimum absolute atomic E-state index is 0.148. The maximum Gasteiger partial charge on any atom is 0.138 e. The molecule has 0 heterocycles. The Labute approximate surface area is 82.9 Å². The van der Waals surface area contributed by atoms with Crippen molar-refractivity contribution in [2.24, 2.45) is 0 Å². The fraction of sp³-hybridized carbons (Fsp3) is 0.400. The van der Waals surface area contributed by atoms with Crippen LogP contribution in [-0.2, 0) is 4.74 Å². The van der Waals surface area contributed by atoms with Crippen LogP contribution in [0, 0.1) is 0 Å². The molecule has 70 valence electrons. The molecule has 0 aliphatic heterocycles. The van der Waals surface area contributed by atoms with Crippen LogP contribution in [0.5, 0.6) is 0 Å². The third-order valence-electron chi connectivity index (χ3n) is 2.33. The molecule has 1 N–H and O–H groups in total. The van der Waals surface area contributed by atoms with Gasteiger partial charge in [0.1, 0.15) is 5.72 Å². The van der Waals surface area contributed by atoms with Gasteiger partial charge in [-0.25, -0.2) is 0 Å². The maximum absolute atomic E-state index is 6.00. The summed E-state index contributed by atoms with van der Waals surface area (Å²) in [6.07, 6.45) is 2.10. The van der Waals surface area contributed by atoms with E-state index in [2.05, 4.69) is 5.32 Å². The largest absolute Gasteiger partial charge is 0.359 e. The van der Waals surface area contributed by atoms with E-state index in [1.807, 2.05) is 24.3 Å². The first-order valence-corrected chi connectivity index (χ1v) is 4.71. The van der Waals surface area contributed by atoms with E-state index in [-0.39, 0.29) is 5.72 Å². The third kappa shape index (κ3) is 1.79. The fourth-order valence-electron chi connectivity index (χ4n) is 1.30. The number of methoxy groups -OCH3 is 1. The van der Waals surface area contributed by atoms with Crippen LogP contribution in [0.1, 0.15) is 12.8 Å². The van der Waals surface area contributed by atoms with Gasteiger partial charge in [0, 0.05) is 7.11 Å². The van der Waals surface area contributed by atoms with E-state index < -0.39 is 0 Å². The monoisotopic (exact) mass is 197 g/mol. The number of hydrogen-bond acceptors (Lipinski definition) is 2. The van der Waals surface area contributed by atoms with Crippen LogP contribution in [0.4, 0.5) is 5.69 Å². The molecule has 1 aliphatic carbocycles. The summed E-state index contributed by atoms with van der Waals surface area (Å²) in [6.45, 7) is 0. The number of halogens is 1. The molecular formula is C10H12ClNO. The maximum atomic E-state index is 6.00. The molecule has 0 saturated heterocycles. The van der Waals surface area contributed by atoms with E-state index in [1.165, 1.54) is 0 Å². The van der Waals surface area contributed by atoms with E-state index in [9.17, 15) is 0 Å². The summed E-state index contributed by atoms with van der Waals surface area (Å²) in [7, 11) is 1.72. The van der Waals surface area contributed by atoms with Crippen molar-refractivity contribution < 1.29 is 4.74 Å². The number of ether oxygens (including phenoxy) is 1. The van der Waals surface area contributed by atoms with Crippen LogP contribution in [0.25, 0.3) is 0 Å². The van der Waals surface area contributed by atoms with Crippen LogP contribution in [-0.4, -0.2) is 12.8 Å². The Morgan fingerprint density at radius 2 is 2.08 bits per heavy atom. The second-order valence-electron chi connectivity index (χ2n) is 3.30. The van der Waals surface area contributed by atoms with E-state index >= 15 is 0 Å². The zero-order chi connectivity index (χ0) is 9.31. The average molecular weight is 198 g/mol. The van der Waals surface area contributed by atoms with E-state index in [0.29, 0.717) is 0 Å². The van der Waals surface area contributed by atoms with Crippen molar-refractivity contribution in [3.63, 3.8) is 0 Å². The average Bonchev–Trinajstić information content (AvgIpc) is 2.90. The fourth-order valence-corrected chi connectivity index (χ4v) is 1.48. The summed E-state index contributed by atoms with van der Waals surface area (Å²) in [6, 6.07) is 7.71. The lowest BCUT2D eigenvalue weighted by atomic mass is 10.3. The second-order valence-corrected chi connectivity index (χ2v) is 3.71. The highest BCUT2D eigenvalue weighted by atomic mass is 35.5. The standard InChI is InChI=1S/C10H12ClNO/c1-13-10(6-7-10)12-9-5-3-2-4-8(9)11/h2-5,12H,6-7H2,1H3. The van der Waals surface area contributed by atoms with Crippen LogP contribution in [0.15, 0.2) is 24.3 Å². The number of rotatable bonds is 3. The van der Waals surface area contributed by atoms with Crippen molar-refractivity contribution in [1.82, 2.24) is 0 Å². The number of hydrogen-bond donors (Lipinski definition) is 1. The lowest BCUT2D eigenvalue weighted by Gasteiger charge is -2.17. The molecule has 2 rings (SSSR count). The molecule has 1 aromatic carbocycles. The molecule has 0 unspecified atom stereocenters. The van der Waals surface area contributed by atoms with Gasteiger partial charge in [-0.1, -0.05) is 23.7 Å². The number of benzene rings is 1. The van der Waals surface area contributed by atoms with Gasteiger partial charge in [0.05, 0.1) is 10.7 Å². The van der Waals surface area contributed by atoms with Gasteiger partial charge in [0.2, 0.25) is 0 Å². The molecule has 1 saturated carbocycles. The van der Waals surface area contributed by atoms with Crippen molar-refractivity contribution in [3.8, 4) is 0 Å². The molecule has 1 fully saturated rings. The zero-order valence-electron chi connectivity index (χ0n) is 7.51. The highest BCUT2D eigenvalue weighted by Crippen LogP contribution is 2.40. The molecule has 0 amide bonds. The predicted molar refractivity (Wildman–Crippen MR) is 54.0 cm³/mol. The molecule has 0 aromatic heterocycles. The Hall–Kier alpha value is -0.730. The summed E-state index contributed by atoms with van der Waals surface area (Å²) in [5.74, 6) is 0. The SMILES string of the molecule is COC1(Nc2ccccc2Cl)CC1. The van der Waals surface area contributed by atoms with Gasteiger partial charge in [-0.15, -0.1) is 0 Å². The van der Waals surface area contributed by atoms with Crippen molar-refractivity contribution in [2.45, 2.75) is 18.6 Å². The summed E-state index contributed by atoms with van der Waals surface area (Å²) in [5.41, 5.74) is 0.800. The molecule has 0 atom stereocenters. The summed E-state index contributed by atoms with van der Waals surface area (Å²) < 4.78 is 5.34. The Kier molecular flexibility index (Phi) is 2.18. The molecule has 0 bridgehead atoms. The molecule has 13 heavy (non-hydrogen) atoms. The van der Waals surface area contributed by atoms with Crippen molar-refractivity contribution in [1.29, 1.82) is 0 Å². The number of para-hydroxylation sites is 1. The number of anilines is 1. The summed E-state index contributed by atoms with van der Waals surface area (Å²) in [5, 5.41) is 4.03. The Balaban J connectivity index is 2.14. The normalized spacial score (nSPS) is 18.3. The Morgan fingerprint density at radius 1 is 1.38 bits per heavy atom. The second kappa shape index (κ2) is 3.20. The first-order valence-electron chi connectivity index (χ1n) is 4.34. The molecule has 0 radical (unpaired) electrons. The minimum atomic E-state index is -0.148. The first-order chi connectivity index (χ1) is 6.26. The van der Waals surface area contributed by atoms with Crippen molar-refractivity contribution >= 4 is 17.3 Å². The Morgan fingerprint density at radius 3 is 2.62 bits per heavy atom. The minimum Gasteiger partial charge on any atom is -0.359 e. The molecule has 0 spiro atoms. The smallest absolute Gasteiger partial charge is 0.138 e. The van der Waals surface area contributed by atoms with E-state index in [4.69, 9.17) is 16.3 Å². The van der Waals surface area contributed by atoms with Crippen LogP contribution in [0.2, 0.25) is 5.02 Å². The molecule has 1 aliphatic rings. The quantitative estimate of drug-likeness (QED) is 0.753. The predicted octanol–water partition coefficient (Wildman–Crippen LogP) is 2.89. The lowest BCUT2D eigenvalue weighted by molar-refractivity contribution is 0.105. The topological polar surface area (TPSA) is 21.3 Å². The lowest BCUT2D eigenvalue weighted by Crippen LogP contribution is -2.23. The van der Waals surface area contributed by atoms with Crippen molar-refractivity contribution in [3.05, 3.63) is 29.3 Å². The molecule has 3 heteroatoms. The summed E-state index contributed by atoms with van der Waals surface area (Å²) >= 11 is 6.00. The van der Waals surface area contributed by atoms with Crippen molar-refractivity contribution in [2.75, 3.05) is 12.4 Å². The third-order valence-corrected chi connectivity index (χ3v) is 2.66. The van der Waals surface area contributed by atoms with Crippen LogP contribution >= 0.6 is 11.6 Å². The van der Waals surface area contributed by atoms with E-state index in [1.54, 1.807) is 7.11 Å². The van der Waals surface area contributed by atoms with Gasteiger partial charge < -0.3 is 10.1 Å². The van der Waals surface area contributed by atoms with Gasteiger partial charge in [0.25, 0.3) is 0 Å². The molecule has 1 aromatic rings. The van der Waals surface area contributed by atoms with Gasteiger partial charge >= 0.3 is 0 Å². The summed E-state index contributed by atoms with van der Waals surface area (Å²) in [4.78, 5) is 0. The molecular weight excluding hydrogens is 186 g/mol. The van der Waals surface area contributed by atoms with Crippen LogP contribution in [0.3, 0.4) is 0 Å². The van der Waals surface area contributed by atoms with Gasteiger partial charge in [-0.3, -0.25) is 0 Å². The van der Waals surface area contributed by atoms with Gasteiger partial charge in [-0.05, 0) is 25.0 Å². The van der Waals surface area contributed by atoms with Crippen LogP contribution < -0.4 is 5.32 Å². The number of nitrogens with one attached hydrogen (secondary N) is 1. The van der Waals surface area contributed by atoms with Gasteiger partial charge in [0.15, 0.2) is 0 Å².